The fourth-order valence-corrected chi connectivity index (χ4v) is 2.05. The second-order valence-electron chi connectivity index (χ2n) is 4.53. The van der Waals surface area contributed by atoms with Gasteiger partial charge in [0.05, 0.1) is 5.56 Å². The van der Waals surface area contributed by atoms with E-state index in [1.165, 1.54) is 12.1 Å². The third kappa shape index (κ3) is 4.81. The molecule has 1 rings (SSSR count). The molecule has 0 spiro atoms. The molecule has 0 unspecified atom stereocenters. The van der Waals surface area contributed by atoms with Gasteiger partial charge in [-0.25, -0.2) is 4.79 Å². The molecule has 0 aliphatic carbocycles. The van der Waals surface area contributed by atoms with Gasteiger partial charge in [-0.3, -0.25) is 0 Å². The van der Waals surface area contributed by atoms with Crippen LogP contribution in [0.2, 0.25) is 0 Å². The minimum absolute atomic E-state index is 0.124. The van der Waals surface area contributed by atoms with Gasteiger partial charge < -0.3 is 10.0 Å². The van der Waals surface area contributed by atoms with Crippen molar-refractivity contribution in [1.29, 1.82) is 0 Å². The standard InChI is InChI=1S/C15H18F3NO2/c1-3-9-19(4-2)13-7-5-11(6-8-14(20)21)10-12(13)15(16,17)18/h5-8,10H,3-4,9H2,1-2H3,(H,20,21)/b8-6+. The Morgan fingerprint density at radius 3 is 2.48 bits per heavy atom. The summed E-state index contributed by atoms with van der Waals surface area (Å²) in [6, 6.07) is 3.86. The minimum Gasteiger partial charge on any atom is -0.478 e. The molecule has 6 heteroatoms. The smallest absolute Gasteiger partial charge is 0.418 e. The van der Waals surface area contributed by atoms with E-state index >= 15 is 0 Å². The van der Waals surface area contributed by atoms with Gasteiger partial charge >= 0.3 is 12.1 Å². The lowest BCUT2D eigenvalue weighted by Crippen LogP contribution is -2.26. The van der Waals surface area contributed by atoms with Crippen molar-refractivity contribution in [2.24, 2.45) is 0 Å². The molecule has 0 atom stereocenters. The highest BCUT2D eigenvalue weighted by Gasteiger charge is 2.34. The summed E-state index contributed by atoms with van der Waals surface area (Å²) < 4.78 is 39.6. The first kappa shape index (κ1) is 17.1. The van der Waals surface area contributed by atoms with Gasteiger partial charge in [0.1, 0.15) is 0 Å². The van der Waals surface area contributed by atoms with E-state index in [0.717, 1.165) is 24.6 Å². The summed E-state index contributed by atoms with van der Waals surface area (Å²) >= 11 is 0. The van der Waals surface area contributed by atoms with E-state index in [1.54, 1.807) is 11.8 Å². The first-order valence-electron chi connectivity index (χ1n) is 6.66. The normalized spacial score (nSPS) is 11.9. The molecule has 0 aliphatic heterocycles. The number of benzene rings is 1. The molecule has 3 nitrogen and oxygen atoms in total. The molecule has 0 bridgehead atoms. The van der Waals surface area contributed by atoms with Crippen LogP contribution in [-0.2, 0) is 11.0 Å². The summed E-state index contributed by atoms with van der Waals surface area (Å²) in [6.45, 7) is 4.71. The Bertz CT molecular complexity index is 524. The van der Waals surface area contributed by atoms with Crippen molar-refractivity contribution in [3.05, 3.63) is 35.4 Å². The summed E-state index contributed by atoms with van der Waals surface area (Å²) in [6.07, 6.45) is -1.77. The number of carbonyl (C=O) groups is 1. The summed E-state index contributed by atoms with van der Waals surface area (Å²) in [5.74, 6) is -1.20. The van der Waals surface area contributed by atoms with Gasteiger partial charge in [-0.2, -0.15) is 13.2 Å². The maximum absolute atomic E-state index is 13.2. The maximum Gasteiger partial charge on any atom is 0.418 e. The van der Waals surface area contributed by atoms with Gasteiger partial charge in [-0.1, -0.05) is 13.0 Å². The monoisotopic (exact) mass is 301 g/mol. The largest absolute Gasteiger partial charge is 0.478 e. The SMILES string of the molecule is CCCN(CC)c1ccc(/C=C/C(=O)O)cc1C(F)(F)F. The quantitative estimate of drug-likeness (QED) is 0.806. The van der Waals surface area contributed by atoms with Gasteiger partial charge in [0.2, 0.25) is 0 Å². The van der Waals surface area contributed by atoms with Crippen molar-refractivity contribution in [3.8, 4) is 0 Å². The van der Waals surface area contributed by atoms with E-state index in [-0.39, 0.29) is 11.3 Å². The molecule has 21 heavy (non-hydrogen) atoms. The Hall–Kier alpha value is -1.98. The maximum atomic E-state index is 13.2. The van der Waals surface area contributed by atoms with Crippen molar-refractivity contribution < 1.29 is 23.1 Å². The second-order valence-corrected chi connectivity index (χ2v) is 4.53. The number of alkyl halides is 3. The van der Waals surface area contributed by atoms with Crippen LogP contribution in [0.25, 0.3) is 6.08 Å². The first-order valence-corrected chi connectivity index (χ1v) is 6.66. The molecule has 0 heterocycles. The number of aliphatic carboxylic acids is 1. The van der Waals surface area contributed by atoms with Gasteiger partial charge in [0.15, 0.2) is 0 Å². The van der Waals surface area contributed by atoms with Crippen LogP contribution in [0.5, 0.6) is 0 Å². The van der Waals surface area contributed by atoms with Crippen molar-refractivity contribution in [1.82, 2.24) is 0 Å². The van der Waals surface area contributed by atoms with Crippen LogP contribution in [-0.4, -0.2) is 24.2 Å². The molecule has 0 saturated heterocycles. The number of hydrogen-bond donors (Lipinski definition) is 1. The fraction of sp³-hybridized carbons (Fsp3) is 0.400. The Kier molecular flexibility index (Phi) is 5.81. The van der Waals surface area contributed by atoms with Gasteiger partial charge in [-0.05, 0) is 37.1 Å². The zero-order valence-corrected chi connectivity index (χ0v) is 11.9. The zero-order valence-electron chi connectivity index (χ0n) is 11.9. The van der Waals surface area contributed by atoms with Crippen molar-refractivity contribution in [2.45, 2.75) is 26.4 Å². The van der Waals surface area contributed by atoms with E-state index in [0.29, 0.717) is 13.1 Å². The second kappa shape index (κ2) is 7.15. The fourth-order valence-electron chi connectivity index (χ4n) is 2.05. The molecule has 0 aliphatic rings. The van der Waals surface area contributed by atoms with Crippen molar-refractivity contribution in [2.75, 3.05) is 18.0 Å². The highest BCUT2D eigenvalue weighted by atomic mass is 19.4. The molecule has 1 aromatic carbocycles. The summed E-state index contributed by atoms with van der Waals surface area (Å²) in [5.41, 5.74) is -0.411. The van der Waals surface area contributed by atoms with Gasteiger partial charge in [0.25, 0.3) is 0 Å². The Morgan fingerprint density at radius 2 is 2.00 bits per heavy atom. The number of halogens is 3. The van der Waals surface area contributed by atoms with Crippen LogP contribution in [0.3, 0.4) is 0 Å². The third-order valence-electron chi connectivity index (χ3n) is 2.96. The van der Waals surface area contributed by atoms with Gasteiger partial charge in [-0.15, -0.1) is 0 Å². The third-order valence-corrected chi connectivity index (χ3v) is 2.96. The molecule has 116 valence electrons. The lowest BCUT2D eigenvalue weighted by atomic mass is 10.1. The average molecular weight is 301 g/mol. The molecular weight excluding hydrogens is 283 g/mol. The van der Waals surface area contributed by atoms with Crippen molar-refractivity contribution >= 4 is 17.7 Å². The van der Waals surface area contributed by atoms with E-state index in [9.17, 15) is 18.0 Å². The van der Waals surface area contributed by atoms with Crippen LogP contribution in [0.4, 0.5) is 18.9 Å². The summed E-state index contributed by atoms with van der Waals surface area (Å²) in [5, 5.41) is 8.54. The zero-order chi connectivity index (χ0) is 16.0. The highest BCUT2D eigenvalue weighted by molar-refractivity contribution is 5.85. The molecule has 0 aromatic heterocycles. The van der Waals surface area contributed by atoms with E-state index < -0.39 is 17.7 Å². The summed E-state index contributed by atoms with van der Waals surface area (Å²) in [4.78, 5) is 12.1. The minimum atomic E-state index is -4.48. The van der Waals surface area contributed by atoms with Gasteiger partial charge in [0, 0.05) is 24.9 Å². The van der Waals surface area contributed by atoms with Crippen LogP contribution < -0.4 is 4.90 Å². The molecule has 1 aromatic rings. The van der Waals surface area contributed by atoms with Crippen LogP contribution in [0.15, 0.2) is 24.3 Å². The number of anilines is 1. The lowest BCUT2D eigenvalue weighted by molar-refractivity contribution is -0.137. The number of carboxylic acid groups (broad SMARTS) is 1. The Balaban J connectivity index is 3.29. The lowest BCUT2D eigenvalue weighted by Gasteiger charge is -2.26. The average Bonchev–Trinajstić information content (AvgIpc) is 2.41. The number of carboxylic acids is 1. The molecule has 0 fully saturated rings. The first-order chi connectivity index (χ1) is 9.79. The Labute approximate surface area is 121 Å². The molecule has 0 amide bonds. The number of rotatable bonds is 6. The molecular formula is C15H18F3NO2. The predicted molar refractivity (Wildman–Crippen MR) is 76.3 cm³/mol. The molecule has 0 saturated carbocycles. The number of nitrogens with zero attached hydrogens (tertiary/aromatic N) is 1. The topological polar surface area (TPSA) is 40.5 Å². The van der Waals surface area contributed by atoms with E-state index in [2.05, 4.69) is 0 Å². The van der Waals surface area contributed by atoms with E-state index in [1.807, 2.05) is 6.92 Å². The molecule has 0 radical (unpaired) electrons. The van der Waals surface area contributed by atoms with Crippen molar-refractivity contribution in [3.63, 3.8) is 0 Å². The highest BCUT2D eigenvalue weighted by Crippen LogP contribution is 2.37. The van der Waals surface area contributed by atoms with E-state index in [4.69, 9.17) is 5.11 Å². The van der Waals surface area contributed by atoms with Crippen LogP contribution >= 0.6 is 0 Å². The predicted octanol–water partition coefficient (Wildman–Crippen LogP) is 4.04. The number of hydrogen-bond acceptors (Lipinski definition) is 2. The van der Waals surface area contributed by atoms with Crippen LogP contribution in [0, 0.1) is 0 Å². The molecule has 1 N–H and O–H groups in total. The Morgan fingerprint density at radius 1 is 1.33 bits per heavy atom. The van der Waals surface area contributed by atoms with Crippen LogP contribution in [0.1, 0.15) is 31.4 Å². The summed E-state index contributed by atoms with van der Waals surface area (Å²) in [7, 11) is 0.